The van der Waals surface area contributed by atoms with Crippen molar-refractivity contribution in [1.29, 1.82) is 0 Å². The van der Waals surface area contributed by atoms with E-state index in [4.69, 9.17) is 17.0 Å². The Kier molecular flexibility index (Phi) is 11.8. The molecule has 6 nitrogen and oxygen atoms in total. The predicted molar refractivity (Wildman–Crippen MR) is 159 cm³/mol. The third-order valence-electron chi connectivity index (χ3n) is 6.03. The lowest BCUT2D eigenvalue weighted by molar-refractivity contribution is -0.114. The van der Waals surface area contributed by atoms with Crippen LogP contribution in [0.25, 0.3) is 0 Å². The molecule has 0 saturated heterocycles. The third kappa shape index (κ3) is 9.30. The van der Waals surface area contributed by atoms with Gasteiger partial charge in [-0.2, -0.15) is 0 Å². The highest BCUT2D eigenvalue weighted by atomic mass is 32.1. The van der Waals surface area contributed by atoms with Gasteiger partial charge < -0.3 is 15.0 Å². The SMILES string of the molecule is CCCCCCCCOc1cc(N(Cc2ccccc2)C(=S)NC(=O)c2ccccc2)ccc1NC(C)=O. The molecule has 0 fully saturated rings. The Morgan fingerprint density at radius 1 is 0.868 bits per heavy atom. The number of unbranched alkanes of at least 4 members (excludes halogenated alkanes) is 5. The van der Waals surface area contributed by atoms with Gasteiger partial charge in [0, 0.05) is 24.2 Å². The maximum absolute atomic E-state index is 12.9. The summed E-state index contributed by atoms with van der Waals surface area (Å²) < 4.78 is 6.14. The number of benzene rings is 3. The van der Waals surface area contributed by atoms with Crippen molar-refractivity contribution in [3.63, 3.8) is 0 Å². The third-order valence-corrected chi connectivity index (χ3v) is 6.35. The van der Waals surface area contributed by atoms with Gasteiger partial charge in [0.25, 0.3) is 5.91 Å². The largest absolute Gasteiger partial charge is 0.491 e. The molecule has 0 spiro atoms. The Hall–Kier alpha value is -3.71. The predicted octanol–water partition coefficient (Wildman–Crippen LogP) is 7.11. The van der Waals surface area contributed by atoms with E-state index < -0.39 is 0 Å². The van der Waals surface area contributed by atoms with E-state index in [1.165, 1.54) is 32.6 Å². The Bertz CT molecular complexity index is 1190. The van der Waals surface area contributed by atoms with E-state index in [2.05, 4.69) is 17.6 Å². The fourth-order valence-corrected chi connectivity index (χ4v) is 4.29. The number of nitrogens with one attached hydrogen (secondary N) is 2. The number of thiocarbonyl (C=S) groups is 1. The number of amides is 2. The molecule has 0 radical (unpaired) electrons. The van der Waals surface area contributed by atoms with Gasteiger partial charge in [-0.25, -0.2) is 0 Å². The Morgan fingerprint density at radius 3 is 2.21 bits per heavy atom. The topological polar surface area (TPSA) is 70.7 Å². The van der Waals surface area contributed by atoms with Gasteiger partial charge in [0.2, 0.25) is 5.91 Å². The molecule has 0 aliphatic heterocycles. The molecule has 0 unspecified atom stereocenters. The van der Waals surface area contributed by atoms with Crippen molar-refractivity contribution in [3.05, 3.63) is 90.0 Å². The highest BCUT2D eigenvalue weighted by Crippen LogP contribution is 2.31. The Balaban J connectivity index is 1.82. The van der Waals surface area contributed by atoms with Crippen molar-refractivity contribution < 1.29 is 14.3 Å². The smallest absolute Gasteiger partial charge is 0.257 e. The molecule has 0 bridgehead atoms. The second-order valence-electron chi connectivity index (χ2n) is 9.17. The van der Waals surface area contributed by atoms with Crippen LogP contribution in [0.2, 0.25) is 0 Å². The fourth-order valence-electron chi connectivity index (χ4n) is 4.03. The minimum Gasteiger partial charge on any atom is -0.491 e. The highest BCUT2D eigenvalue weighted by Gasteiger charge is 2.18. The number of ether oxygens (including phenoxy) is 1. The maximum atomic E-state index is 12.9. The van der Waals surface area contributed by atoms with E-state index in [1.807, 2.05) is 71.6 Å². The van der Waals surface area contributed by atoms with Crippen LogP contribution in [0.4, 0.5) is 11.4 Å². The summed E-state index contributed by atoms with van der Waals surface area (Å²) in [6.45, 7) is 4.68. The molecule has 3 aromatic carbocycles. The summed E-state index contributed by atoms with van der Waals surface area (Å²) >= 11 is 5.72. The summed E-state index contributed by atoms with van der Waals surface area (Å²) in [5, 5.41) is 6.00. The number of hydrogen-bond donors (Lipinski definition) is 2. The van der Waals surface area contributed by atoms with Crippen molar-refractivity contribution in [3.8, 4) is 5.75 Å². The molecule has 3 rings (SSSR count). The van der Waals surface area contributed by atoms with E-state index in [-0.39, 0.29) is 16.9 Å². The molecular formula is C31H37N3O3S. The van der Waals surface area contributed by atoms with E-state index >= 15 is 0 Å². The summed E-state index contributed by atoms with van der Waals surface area (Å²) in [4.78, 5) is 26.5. The molecule has 200 valence electrons. The van der Waals surface area contributed by atoms with Crippen LogP contribution < -0.4 is 20.3 Å². The van der Waals surface area contributed by atoms with Gasteiger partial charge in [0.15, 0.2) is 5.11 Å². The standard InChI is InChI=1S/C31H37N3O3S/c1-3-4-5-6-7-14-21-37-29-22-27(19-20-28(29)32-24(2)35)34(23-25-15-10-8-11-16-25)31(38)33-30(36)26-17-12-9-13-18-26/h8-13,15-20,22H,3-7,14,21,23H2,1-2H3,(H,32,35)(H,33,36,38). The average molecular weight is 532 g/mol. The first kappa shape index (κ1) is 28.9. The van der Waals surface area contributed by atoms with Gasteiger partial charge in [-0.05, 0) is 48.5 Å². The molecule has 7 heteroatoms. The zero-order chi connectivity index (χ0) is 27.2. The molecular weight excluding hydrogens is 494 g/mol. The van der Waals surface area contributed by atoms with Crippen LogP contribution in [0, 0.1) is 0 Å². The zero-order valence-corrected chi connectivity index (χ0v) is 23.1. The summed E-state index contributed by atoms with van der Waals surface area (Å²) in [7, 11) is 0. The van der Waals surface area contributed by atoms with Crippen LogP contribution in [0.3, 0.4) is 0 Å². The highest BCUT2D eigenvalue weighted by molar-refractivity contribution is 7.80. The molecule has 3 aromatic rings. The van der Waals surface area contributed by atoms with Crippen molar-refractivity contribution in [2.24, 2.45) is 0 Å². The molecule has 0 atom stereocenters. The van der Waals surface area contributed by atoms with Crippen LogP contribution >= 0.6 is 12.2 Å². The zero-order valence-electron chi connectivity index (χ0n) is 22.2. The van der Waals surface area contributed by atoms with Gasteiger partial charge in [-0.1, -0.05) is 87.6 Å². The molecule has 0 aromatic heterocycles. The first-order valence-electron chi connectivity index (χ1n) is 13.2. The second-order valence-corrected chi connectivity index (χ2v) is 9.56. The minimum absolute atomic E-state index is 0.172. The van der Waals surface area contributed by atoms with Crippen molar-refractivity contribution in [1.82, 2.24) is 5.32 Å². The number of anilines is 2. The molecule has 0 heterocycles. The van der Waals surface area contributed by atoms with Gasteiger partial charge in [0.05, 0.1) is 18.8 Å². The summed E-state index contributed by atoms with van der Waals surface area (Å²) in [5.41, 5.74) is 2.91. The van der Waals surface area contributed by atoms with Crippen molar-refractivity contribution >= 4 is 40.5 Å². The molecule has 2 amide bonds. The van der Waals surface area contributed by atoms with Gasteiger partial charge in [-0.15, -0.1) is 0 Å². The first-order chi connectivity index (χ1) is 18.5. The molecule has 38 heavy (non-hydrogen) atoms. The van der Waals surface area contributed by atoms with Crippen LogP contribution in [-0.2, 0) is 11.3 Å². The van der Waals surface area contributed by atoms with Crippen molar-refractivity contribution in [2.75, 3.05) is 16.8 Å². The lowest BCUT2D eigenvalue weighted by Crippen LogP contribution is -2.42. The van der Waals surface area contributed by atoms with Gasteiger partial charge in [-0.3, -0.25) is 14.9 Å². The average Bonchev–Trinajstić information content (AvgIpc) is 2.92. The quantitative estimate of drug-likeness (QED) is 0.182. The number of carbonyl (C=O) groups excluding carboxylic acids is 2. The van der Waals surface area contributed by atoms with E-state index in [1.54, 1.807) is 12.1 Å². The van der Waals surface area contributed by atoms with Crippen molar-refractivity contribution in [2.45, 2.75) is 58.9 Å². The molecule has 0 aliphatic rings. The molecule has 0 saturated carbocycles. The van der Waals surface area contributed by atoms with Gasteiger partial charge in [0.1, 0.15) is 5.75 Å². The lowest BCUT2D eigenvalue weighted by Gasteiger charge is -2.27. The summed E-state index contributed by atoms with van der Waals surface area (Å²) in [6.07, 6.45) is 6.95. The minimum atomic E-state index is -0.275. The number of rotatable bonds is 13. The molecule has 2 N–H and O–H groups in total. The monoisotopic (exact) mass is 531 g/mol. The number of hydrogen-bond acceptors (Lipinski definition) is 4. The second kappa shape index (κ2) is 15.5. The van der Waals surface area contributed by atoms with Gasteiger partial charge >= 0.3 is 0 Å². The normalized spacial score (nSPS) is 10.5. The summed E-state index contributed by atoms with van der Waals surface area (Å²) in [5.74, 6) is 0.124. The van der Waals surface area contributed by atoms with E-state index in [0.717, 1.165) is 24.1 Å². The Labute approximate surface area is 231 Å². The summed E-state index contributed by atoms with van der Waals surface area (Å²) in [6, 6.07) is 24.4. The van der Waals surface area contributed by atoms with Crippen LogP contribution in [-0.4, -0.2) is 23.5 Å². The van der Waals surface area contributed by atoms with E-state index in [9.17, 15) is 9.59 Å². The van der Waals surface area contributed by atoms with Crippen LogP contribution in [0.15, 0.2) is 78.9 Å². The molecule has 0 aliphatic carbocycles. The Morgan fingerprint density at radius 2 is 1.53 bits per heavy atom. The van der Waals surface area contributed by atoms with Crippen LogP contribution in [0.5, 0.6) is 5.75 Å². The number of carbonyl (C=O) groups is 2. The van der Waals surface area contributed by atoms with Crippen LogP contribution in [0.1, 0.15) is 68.3 Å². The lowest BCUT2D eigenvalue weighted by atomic mass is 10.1. The van der Waals surface area contributed by atoms with E-state index in [0.29, 0.717) is 30.2 Å². The first-order valence-corrected chi connectivity index (χ1v) is 13.6. The fraction of sp³-hybridized carbons (Fsp3) is 0.323. The maximum Gasteiger partial charge on any atom is 0.257 e. The number of nitrogens with zero attached hydrogens (tertiary/aromatic N) is 1.